The molecule has 0 saturated carbocycles. The van der Waals surface area contributed by atoms with Crippen molar-refractivity contribution >= 4 is 0 Å². The zero-order valence-electron chi connectivity index (χ0n) is 19.2. The molecule has 0 spiro atoms. The third-order valence-electron chi connectivity index (χ3n) is 4.27. The summed E-state index contributed by atoms with van der Waals surface area (Å²) in [5, 5.41) is 38.9. The summed E-state index contributed by atoms with van der Waals surface area (Å²) in [6.45, 7) is 8.08. The molecule has 187 valence electrons. The first-order valence-corrected chi connectivity index (χ1v) is 9.31. The maximum atomic E-state index is 8.25. The second kappa shape index (κ2) is 13.6. The van der Waals surface area contributed by atoms with Crippen molar-refractivity contribution in [2.75, 3.05) is 14.2 Å². The van der Waals surface area contributed by atoms with Gasteiger partial charge >= 0.3 is 16.8 Å². The van der Waals surface area contributed by atoms with Crippen molar-refractivity contribution in [3.8, 4) is 11.5 Å². The molecule has 0 bridgehead atoms. The van der Waals surface area contributed by atoms with Crippen LogP contribution < -0.4 is 9.47 Å². The van der Waals surface area contributed by atoms with E-state index >= 15 is 0 Å². The van der Waals surface area contributed by atoms with Crippen molar-refractivity contribution in [3.05, 3.63) is 89.3 Å². The van der Waals surface area contributed by atoms with Gasteiger partial charge in [0.1, 0.15) is 11.5 Å². The van der Waals surface area contributed by atoms with Gasteiger partial charge in [-0.25, -0.2) is 9.36 Å². The molecule has 15 heteroatoms. The Bertz CT molecular complexity index is 1030. The minimum absolute atomic E-state index is 0. The summed E-state index contributed by atoms with van der Waals surface area (Å²) in [4.78, 5) is 16.5. The number of methoxy groups -OCH3 is 2. The van der Waals surface area contributed by atoms with Gasteiger partial charge in [-0.15, -0.1) is 0 Å². The molecule has 2 heterocycles. The van der Waals surface area contributed by atoms with E-state index in [-0.39, 0.29) is 22.9 Å². The number of aromatic nitrogens is 4. The monoisotopic (exact) mass is 523 g/mol. The minimum atomic E-state index is -1.75. The van der Waals surface area contributed by atoms with Crippen LogP contribution in [0.4, 0.5) is 0 Å². The summed E-state index contributed by atoms with van der Waals surface area (Å²) in [6, 6.07) is 9.91. The van der Waals surface area contributed by atoms with E-state index in [9.17, 15) is 0 Å². The van der Waals surface area contributed by atoms with Gasteiger partial charge in [-0.2, -0.15) is 10.2 Å². The summed E-state index contributed by atoms with van der Waals surface area (Å²) in [6.07, 6.45) is -0.257. The smallest absolute Gasteiger partial charge is 0.497 e. The van der Waals surface area contributed by atoms with Crippen LogP contribution in [0.5, 0.6) is 11.5 Å². The van der Waals surface area contributed by atoms with Crippen molar-refractivity contribution < 1.29 is 36.4 Å². The molecule has 0 saturated heterocycles. The minimum Gasteiger partial charge on any atom is -0.497 e. The molecular weight excluding hydrogens is 499 g/mol. The van der Waals surface area contributed by atoms with Crippen LogP contribution in [0.1, 0.15) is 34.5 Å². The summed E-state index contributed by atoms with van der Waals surface area (Å²) in [5.74, 6) is 1.54. The Morgan fingerprint density at radius 3 is 1.50 bits per heavy atom. The SMILES string of the molecule is COc1ccc(OC)c(C(n2nc(C)cc2C)n2nc(C)cc2C)c1.O=[N+]([O-])[O-].O=[N+]([O-])[O-].[Co+2]. The topological polar surface area (TPSA) is 186 Å². The maximum absolute atomic E-state index is 8.25. The standard InChI is InChI=1S/C19H24N4O2.Co.2NO3/c1-12-9-14(3)22(20-12)19(23-15(4)10-13(2)21-23)17-11-16(24-5)7-8-18(17)25-6;;2*2-1(3)4/h7-11,19H,1-6H3;;;/q;+2;2*-1. The van der Waals surface area contributed by atoms with Gasteiger partial charge in [-0.05, 0) is 58.0 Å². The number of aryl methyl sites for hydroxylation is 4. The number of rotatable bonds is 5. The Kier molecular flexibility index (Phi) is 12.1. The van der Waals surface area contributed by atoms with E-state index in [2.05, 4.69) is 12.1 Å². The fraction of sp³-hybridized carbons (Fsp3) is 0.368. The van der Waals surface area contributed by atoms with Crippen LogP contribution >= 0.6 is 0 Å². The van der Waals surface area contributed by atoms with Crippen LogP contribution in [-0.4, -0.2) is 44.0 Å². The van der Waals surface area contributed by atoms with Gasteiger partial charge in [-0.1, -0.05) is 0 Å². The summed E-state index contributed by atoms with van der Waals surface area (Å²) in [7, 11) is 3.33. The van der Waals surface area contributed by atoms with E-state index < -0.39 is 10.2 Å². The van der Waals surface area contributed by atoms with Crippen LogP contribution in [0.3, 0.4) is 0 Å². The van der Waals surface area contributed by atoms with Gasteiger partial charge in [0.25, 0.3) is 0 Å². The molecule has 14 nitrogen and oxygen atoms in total. The predicted octanol–water partition coefficient (Wildman–Crippen LogP) is 2.94. The Morgan fingerprint density at radius 2 is 1.21 bits per heavy atom. The second-order valence-electron chi connectivity index (χ2n) is 6.67. The van der Waals surface area contributed by atoms with E-state index in [1.54, 1.807) is 14.2 Å². The Labute approximate surface area is 205 Å². The molecule has 0 aliphatic carbocycles. The Balaban J connectivity index is 0.00000106. The number of hydrogen-bond acceptors (Lipinski definition) is 10. The van der Waals surface area contributed by atoms with E-state index in [1.165, 1.54) is 0 Å². The van der Waals surface area contributed by atoms with Gasteiger partial charge in [0.05, 0.1) is 35.8 Å². The summed E-state index contributed by atoms with van der Waals surface area (Å²) < 4.78 is 15.0. The maximum Gasteiger partial charge on any atom is 2.00 e. The van der Waals surface area contributed by atoms with Crippen LogP contribution in [0.25, 0.3) is 0 Å². The summed E-state index contributed by atoms with van der Waals surface area (Å²) in [5.41, 5.74) is 4.98. The molecule has 3 rings (SSSR count). The molecule has 0 unspecified atom stereocenters. The molecule has 0 amide bonds. The number of nitrogens with zero attached hydrogens (tertiary/aromatic N) is 6. The van der Waals surface area contributed by atoms with Crippen LogP contribution in [0.15, 0.2) is 30.3 Å². The molecule has 0 atom stereocenters. The summed E-state index contributed by atoms with van der Waals surface area (Å²) >= 11 is 0. The second-order valence-corrected chi connectivity index (χ2v) is 6.67. The molecule has 2 aromatic heterocycles. The molecule has 1 radical (unpaired) electrons. The number of ether oxygens (including phenoxy) is 2. The third-order valence-corrected chi connectivity index (χ3v) is 4.27. The number of hydrogen-bond donors (Lipinski definition) is 0. The molecule has 34 heavy (non-hydrogen) atoms. The predicted molar refractivity (Wildman–Crippen MR) is 117 cm³/mol. The molecule has 0 N–H and O–H groups in total. The molecule has 3 aromatic rings. The van der Waals surface area contributed by atoms with Crippen molar-refractivity contribution in [1.82, 2.24) is 19.6 Å². The van der Waals surface area contributed by atoms with E-state index in [0.29, 0.717) is 0 Å². The van der Waals surface area contributed by atoms with Gasteiger partial charge in [-0.3, -0.25) is 0 Å². The first kappa shape index (κ1) is 30.1. The molecule has 0 fully saturated rings. The van der Waals surface area contributed by atoms with Gasteiger partial charge in [0.2, 0.25) is 0 Å². The van der Waals surface area contributed by atoms with Crippen molar-refractivity contribution in [2.45, 2.75) is 33.9 Å². The van der Waals surface area contributed by atoms with Gasteiger partial charge in [0, 0.05) is 17.0 Å². The van der Waals surface area contributed by atoms with E-state index in [1.807, 2.05) is 55.3 Å². The fourth-order valence-corrected chi connectivity index (χ4v) is 3.20. The largest absolute Gasteiger partial charge is 2.00 e. The third kappa shape index (κ3) is 8.59. The Morgan fingerprint density at radius 1 is 0.794 bits per heavy atom. The van der Waals surface area contributed by atoms with E-state index in [4.69, 9.17) is 50.3 Å². The first-order chi connectivity index (χ1) is 15.4. The quantitative estimate of drug-likeness (QED) is 0.355. The first-order valence-electron chi connectivity index (χ1n) is 9.31. The van der Waals surface area contributed by atoms with Gasteiger partial charge < -0.3 is 40.1 Å². The fourth-order valence-electron chi connectivity index (χ4n) is 3.20. The number of benzene rings is 1. The van der Waals surface area contributed by atoms with Crippen molar-refractivity contribution in [3.63, 3.8) is 0 Å². The van der Waals surface area contributed by atoms with Gasteiger partial charge in [0.15, 0.2) is 6.17 Å². The zero-order valence-corrected chi connectivity index (χ0v) is 20.3. The van der Waals surface area contributed by atoms with Crippen LogP contribution in [-0.2, 0) is 16.8 Å². The average Bonchev–Trinajstić information content (AvgIpc) is 3.21. The molecule has 0 aliphatic heterocycles. The van der Waals surface area contributed by atoms with E-state index in [0.717, 1.165) is 39.8 Å². The normalized spacial score (nSPS) is 9.62. The average molecular weight is 523 g/mol. The molecule has 1 aromatic carbocycles. The van der Waals surface area contributed by atoms with Crippen LogP contribution in [0, 0.1) is 58.3 Å². The van der Waals surface area contributed by atoms with Crippen LogP contribution in [0.2, 0.25) is 0 Å². The molecule has 0 aliphatic rings. The van der Waals surface area contributed by atoms with Crippen molar-refractivity contribution in [2.24, 2.45) is 0 Å². The Hall–Kier alpha value is -3.85. The van der Waals surface area contributed by atoms with Crippen molar-refractivity contribution in [1.29, 1.82) is 0 Å². The zero-order chi connectivity index (χ0) is 25.3. The molecular formula is C19H24CoN6O8.